The first-order chi connectivity index (χ1) is 13.5. The van der Waals surface area contributed by atoms with Gasteiger partial charge in [0.25, 0.3) is 0 Å². The largest absolute Gasteiger partial charge is 0.384 e. The Labute approximate surface area is 166 Å². The maximum Gasteiger partial charge on any atom is 0.247 e. The van der Waals surface area contributed by atoms with Crippen molar-refractivity contribution in [1.82, 2.24) is 30.8 Å². The van der Waals surface area contributed by atoms with E-state index in [0.717, 1.165) is 31.5 Å². The van der Waals surface area contributed by atoms with Crippen LogP contribution in [0.2, 0.25) is 0 Å². The van der Waals surface area contributed by atoms with Gasteiger partial charge in [0.15, 0.2) is 6.04 Å². The molecule has 0 radical (unpaired) electrons. The van der Waals surface area contributed by atoms with Crippen molar-refractivity contribution < 1.29 is 9.53 Å². The molecule has 1 atom stereocenters. The van der Waals surface area contributed by atoms with Gasteiger partial charge in [0.05, 0.1) is 6.61 Å². The van der Waals surface area contributed by atoms with Crippen LogP contribution in [0.1, 0.15) is 32.7 Å². The zero-order chi connectivity index (χ0) is 20.0. The lowest BCUT2D eigenvalue weighted by atomic mass is 9.79. The summed E-state index contributed by atoms with van der Waals surface area (Å²) < 4.78 is 5.44. The van der Waals surface area contributed by atoms with Crippen LogP contribution in [0.25, 0.3) is 11.4 Å². The summed E-state index contributed by atoms with van der Waals surface area (Å²) in [6.45, 7) is 7.10. The number of tetrazole rings is 1. The third-order valence-corrected chi connectivity index (χ3v) is 5.36. The van der Waals surface area contributed by atoms with Crippen molar-refractivity contribution in [2.45, 2.75) is 32.7 Å². The third kappa shape index (κ3) is 4.74. The zero-order valence-electron chi connectivity index (χ0n) is 16.9. The Balaban J connectivity index is 1.71. The second kappa shape index (κ2) is 9.25. The van der Waals surface area contributed by atoms with E-state index in [9.17, 15) is 4.79 Å². The van der Waals surface area contributed by atoms with Gasteiger partial charge in [0, 0.05) is 24.6 Å². The Morgan fingerprint density at radius 2 is 2.00 bits per heavy atom. The summed E-state index contributed by atoms with van der Waals surface area (Å²) in [5.74, 6) is 0.471. The quantitative estimate of drug-likeness (QED) is 0.717. The molecule has 1 fully saturated rings. The lowest BCUT2D eigenvalue weighted by Gasteiger charge is -2.37. The molecule has 1 aromatic carbocycles. The maximum atomic E-state index is 13.0. The van der Waals surface area contributed by atoms with Crippen LogP contribution in [0, 0.1) is 11.3 Å². The average Bonchev–Trinajstić information content (AvgIpc) is 3.17. The standard InChI is InChI=1S/C20H30N6O2/c1-15(2)17(26-24-18(23-25-26)16-7-5-4-6-8-16)19(27)22-13-20(14-28-3)9-11-21-12-10-20/h4-8,15,17,21H,9-14H2,1-3H3,(H,22,27). The molecule has 1 aromatic heterocycles. The summed E-state index contributed by atoms with van der Waals surface area (Å²) in [6.07, 6.45) is 1.96. The molecule has 28 heavy (non-hydrogen) atoms. The number of aromatic nitrogens is 4. The van der Waals surface area contributed by atoms with E-state index >= 15 is 0 Å². The van der Waals surface area contributed by atoms with Gasteiger partial charge in [-0.25, -0.2) is 0 Å². The molecular formula is C20H30N6O2. The molecule has 1 aliphatic heterocycles. The molecular weight excluding hydrogens is 356 g/mol. The number of methoxy groups -OCH3 is 1. The molecule has 1 aliphatic rings. The monoisotopic (exact) mass is 386 g/mol. The minimum Gasteiger partial charge on any atom is -0.384 e. The Morgan fingerprint density at radius 1 is 1.29 bits per heavy atom. The Bertz CT molecular complexity index is 750. The molecule has 8 heteroatoms. The van der Waals surface area contributed by atoms with Crippen molar-refractivity contribution in [3.63, 3.8) is 0 Å². The fourth-order valence-electron chi connectivity index (χ4n) is 3.73. The highest BCUT2D eigenvalue weighted by molar-refractivity contribution is 5.80. The first kappa shape index (κ1) is 20.4. The van der Waals surface area contributed by atoms with Crippen LogP contribution in [-0.2, 0) is 9.53 Å². The van der Waals surface area contributed by atoms with E-state index in [2.05, 4.69) is 26.0 Å². The van der Waals surface area contributed by atoms with E-state index in [0.29, 0.717) is 19.0 Å². The lowest BCUT2D eigenvalue weighted by molar-refractivity contribution is -0.127. The van der Waals surface area contributed by atoms with Crippen LogP contribution in [0.15, 0.2) is 30.3 Å². The molecule has 3 rings (SSSR count). The van der Waals surface area contributed by atoms with Crippen LogP contribution in [-0.4, -0.2) is 59.5 Å². The van der Waals surface area contributed by atoms with Crippen molar-refractivity contribution in [2.75, 3.05) is 33.4 Å². The smallest absolute Gasteiger partial charge is 0.247 e. The number of amides is 1. The van der Waals surface area contributed by atoms with Gasteiger partial charge in [-0.3, -0.25) is 4.79 Å². The molecule has 0 spiro atoms. The normalized spacial score (nSPS) is 17.4. The van der Waals surface area contributed by atoms with Crippen molar-refractivity contribution in [3.05, 3.63) is 30.3 Å². The first-order valence-corrected chi connectivity index (χ1v) is 9.87. The summed E-state index contributed by atoms with van der Waals surface area (Å²) in [5.41, 5.74) is 0.854. The molecule has 2 heterocycles. The number of rotatable bonds is 8. The summed E-state index contributed by atoms with van der Waals surface area (Å²) in [5, 5.41) is 19.3. The highest BCUT2D eigenvalue weighted by atomic mass is 16.5. The Kier molecular flexibility index (Phi) is 6.74. The number of nitrogens with one attached hydrogen (secondary N) is 2. The molecule has 2 N–H and O–H groups in total. The third-order valence-electron chi connectivity index (χ3n) is 5.36. The van der Waals surface area contributed by atoms with Gasteiger partial charge >= 0.3 is 0 Å². The van der Waals surface area contributed by atoms with Gasteiger partial charge < -0.3 is 15.4 Å². The van der Waals surface area contributed by atoms with Gasteiger partial charge in [0.1, 0.15) is 0 Å². The molecule has 0 bridgehead atoms. The van der Waals surface area contributed by atoms with E-state index in [1.165, 1.54) is 4.80 Å². The maximum absolute atomic E-state index is 13.0. The molecule has 2 aromatic rings. The second-order valence-corrected chi connectivity index (χ2v) is 7.89. The summed E-state index contributed by atoms with van der Waals surface area (Å²) in [7, 11) is 1.72. The number of ether oxygens (including phenoxy) is 1. The highest BCUT2D eigenvalue weighted by Gasteiger charge is 2.34. The minimum absolute atomic E-state index is 0.0256. The molecule has 1 saturated heterocycles. The predicted octanol–water partition coefficient (Wildman–Crippen LogP) is 1.67. The number of piperidine rings is 1. The van der Waals surface area contributed by atoms with Crippen molar-refractivity contribution in [2.24, 2.45) is 11.3 Å². The minimum atomic E-state index is -0.508. The number of nitrogens with zero attached hydrogens (tertiary/aromatic N) is 4. The number of carbonyl (C=O) groups excluding carboxylic acids is 1. The Morgan fingerprint density at radius 3 is 2.64 bits per heavy atom. The zero-order valence-corrected chi connectivity index (χ0v) is 16.9. The molecule has 0 aliphatic carbocycles. The Hall–Kier alpha value is -2.32. The fraction of sp³-hybridized carbons (Fsp3) is 0.600. The summed E-state index contributed by atoms with van der Waals surface area (Å²) in [6, 6.07) is 9.14. The number of hydrogen-bond acceptors (Lipinski definition) is 6. The van der Waals surface area contributed by atoms with E-state index in [-0.39, 0.29) is 17.2 Å². The fourth-order valence-corrected chi connectivity index (χ4v) is 3.73. The number of carbonyl (C=O) groups is 1. The first-order valence-electron chi connectivity index (χ1n) is 9.87. The average molecular weight is 387 g/mol. The van der Waals surface area contributed by atoms with Crippen molar-refractivity contribution >= 4 is 5.91 Å². The molecule has 1 amide bonds. The van der Waals surface area contributed by atoms with Crippen LogP contribution in [0.4, 0.5) is 0 Å². The molecule has 1 unspecified atom stereocenters. The van der Waals surface area contributed by atoms with Gasteiger partial charge in [0.2, 0.25) is 11.7 Å². The molecule has 8 nitrogen and oxygen atoms in total. The van der Waals surface area contributed by atoms with Gasteiger partial charge in [-0.1, -0.05) is 44.2 Å². The predicted molar refractivity (Wildman–Crippen MR) is 107 cm³/mol. The summed E-state index contributed by atoms with van der Waals surface area (Å²) in [4.78, 5) is 14.5. The van der Waals surface area contributed by atoms with Crippen LogP contribution < -0.4 is 10.6 Å². The highest BCUT2D eigenvalue weighted by Crippen LogP contribution is 2.28. The van der Waals surface area contributed by atoms with Crippen LogP contribution in [0.5, 0.6) is 0 Å². The van der Waals surface area contributed by atoms with E-state index < -0.39 is 6.04 Å². The topological polar surface area (TPSA) is 94.0 Å². The lowest BCUT2D eigenvalue weighted by Crippen LogP contribution is -2.49. The van der Waals surface area contributed by atoms with E-state index in [4.69, 9.17) is 4.74 Å². The van der Waals surface area contributed by atoms with E-state index in [1.807, 2.05) is 44.2 Å². The molecule has 152 valence electrons. The number of benzene rings is 1. The van der Waals surface area contributed by atoms with Crippen LogP contribution >= 0.6 is 0 Å². The van der Waals surface area contributed by atoms with Gasteiger partial charge in [-0.15, -0.1) is 10.2 Å². The number of hydrogen-bond donors (Lipinski definition) is 2. The van der Waals surface area contributed by atoms with Crippen molar-refractivity contribution in [3.8, 4) is 11.4 Å². The van der Waals surface area contributed by atoms with Gasteiger partial charge in [-0.05, 0) is 37.1 Å². The summed E-state index contributed by atoms with van der Waals surface area (Å²) >= 11 is 0. The van der Waals surface area contributed by atoms with Crippen LogP contribution in [0.3, 0.4) is 0 Å². The van der Waals surface area contributed by atoms with Crippen molar-refractivity contribution in [1.29, 1.82) is 0 Å². The van der Waals surface area contributed by atoms with E-state index in [1.54, 1.807) is 7.11 Å². The SMILES string of the molecule is COCC1(CNC(=O)C(C(C)C)n2nnc(-c3ccccc3)n2)CCNCC1. The molecule has 0 saturated carbocycles. The second-order valence-electron chi connectivity index (χ2n) is 7.89. The van der Waals surface area contributed by atoms with Gasteiger partial charge in [-0.2, -0.15) is 4.80 Å².